The average Bonchev–Trinajstić information content (AvgIpc) is 2.96. The number of aryl methyl sites for hydroxylation is 1. The molecule has 0 saturated heterocycles. The van der Waals surface area contributed by atoms with Crippen LogP contribution >= 0.6 is 11.6 Å². The van der Waals surface area contributed by atoms with Crippen molar-refractivity contribution < 1.29 is 14.3 Å². The molecule has 0 radical (unpaired) electrons. The van der Waals surface area contributed by atoms with Crippen molar-refractivity contribution in [2.24, 2.45) is 0 Å². The van der Waals surface area contributed by atoms with Gasteiger partial charge in [-0.25, -0.2) is 0 Å². The molecule has 4 nitrogen and oxygen atoms in total. The Morgan fingerprint density at radius 3 is 2.80 bits per heavy atom. The number of hydrogen-bond donors (Lipinski definition) is 1. The van der Waals surface area contributed by atoms with E-state index in [-0.39, 0.29) is 17.7 Å². The van der Waals surface area contributed by atoms with Crippen LogP contribution in [-0.4, -0.2) is 17.8 Å². The normalized spacial score (nSPS) is 16.8. The van der Waals surface area contributed by atoms with Crippen LogP contribution in [-0.2, 0) is 11.2 Å². The van der Waals surface area contributed by atoms with Crippen molar-refractivity contribution in [2.45, 2.75) is 38.8 Å². The number of rotatable bonds is 5. The van der Waals surface area contributed by atoms with Crippen molar-refractivity contribution in [1.82, 2.24) is 5.32 Å². The first-order valence-electron chi connectivity index (χ1n) is 8.30. The first-order valence-corrected chi connectivity index (χ1v) is 8.68. The van der Waals surface area contributed by atoms with Gasteiger partial charge in [0.1, 0.15) is 5.75 Å². The Kier molecular flexibility index (Phi) is 5.09. The summed E-state index contributed by atoms with van der Waals surface area (Å²) >= 11 is 6.02. The fourth-order valence-corrected chi connectivity index (χ4v) is 3.27. The van der Waals surface area contributed by atoms with Crippen LogP contribution in [0.3, 0.4) is 0 Å². The minimum atomic E-state index is -0.654. The van der Waals surface area contributed by atoms with Crippen LogP contribution in [0, 0.1) is 0 Å². The number of carbonyl (C=O) groups is 2. The molecule has 130 valence electrons. The van der Waals surface area contributed by atoms with E-state index in [0.29, 0.717) is 16.3 Å². The molecule has 0 spiro atoms. The van der Waals surface area contributed by atoms with E-state index in [1.54, 1.807) is 31.2 Å². The molecule has 5 heteroatoms. The molecule has 0 fully saturated rings. The lowest BCUT2D eigenvalue weighted by Crippen LogP contribution is -2.38. The second kappa shape index (κ2) is 7.28. The van der Waals surface area contributed by atoms with Gasteiger partial charge in [0.05, 0.1) is 6.04 Å². The zero-order valence-electron chi connectivity index (χ0n) is 14.2. The molecule has 2 unspecified atom stereocenters. The van der Waals surface area contributed by atoms with Crippen molar-refractivity contribution in [1.29, 1.82) is 0 Å². The maximum atomic E-state index is 12.5. The van der Waals surface area contributed by atoms with E-state index in [2.05, 4.69) is 5.32 Å². The van der Waals surface area contributed by atoms with Gasteiger partial charge in [-0.2, -0.15) is 0 Å². The van der Waals surface area contributed by atoms with Crippen molar-refractivity contribution in [3.8, 4) is 5.75 Å². The third-order valence-corrected chi connectivity index (χ3v) is 4.66. The van der Waals surface area contributed by atoms with E-state index in [1.807, 2.05) is 18.2 Å². The lowest BCUT2D eigenvalue weighted by atomic mass is 10.1. The summed E-state index contributed by atoms with van der Waals surface area (Å²) in [5, 5.41) is 3.75. The van der Waals surface area contributed by atoms with E-state index >= 15 is 0 Å². The van der Waals surface area contributed by atoms with Crippen LogP contribution in [0.5, 0.6) is 5.75 Å². The molecule has 1 N–H and O–H groups in total. The minimum absolute atomic E-state index is 0.0191. The predicted octanol–water partition coefficient (Wildman–Crippen LogP) is 4.11. The van der Waals surface area contributed by atoms with Crippen molar-refractivity contribution in [3.63, 3.8) is 0 Å². The van der Waals surface area contributed by atoms with Gasteiger partial charge in [-0.3, -0.25) is 9.59 Å². The Balaban J connectivity index is 1.64. The number of ether oxygens (including phenoxy) is 1. The standard InChI is InChI=1S/C20H20ClNO3/c1-12(23)14-4-3-5-17(11-14)25-13(2)20(24)22-19-9-6-15-10-16(21)7-8-18(15)19/h3-5,7-8,10-11,13,19H,6,9H2,1-2H3,(H,22,24). The molecular weight excluding hydrogens is 338 g/mol. The molecule has 0 aliphatic heterocycles. The predicted molar refractivity (Wildman–Crippen MR) is 97.2 cm³/mol. The lowest BCUT2D eigenvalue weighted by Gasteiger charge is -2.19. The summed E-state index contributed by atoms with van der Waals surface area (Å²) in [7, 11) is 0. The Hall–Kier alpha value is -2.33. The molecule has 2 atom stereocenters. The lowest BCUT2D eigenvalue weighted by molar-refractivity contribution is -0.128. The number of amides is 1. The molecule has 0 saturated carbocycles. The summed E-state index contributed by atoms with van der Waals surface area (Å²) in [4.78, 5) is 23.9. The van der Waals surface area contributed by atoms with Gasteiger partial charge in [0, 0.05) is 10.6 Å². The second-order valence-corrected chi connectivity index (χ2v) is 6.72. The molecule has 1 amide bonds. The van der Waals surface area contributed by atoms with E-state index in [1.165, 1.54) is 12.5 Å². The van der Waals surface area contributed by atoms with Crippen LogP contribution in [0.25, 0.3) is 0 Å². The Morgan fingerprint density at radius 2 is 2.04 bits per heavy atom. The monoisotopic (exact) mass is 357 g/mol. The van der Waals surface area contributed by atoms with Gasteiger partial charge in [0.15, 0.2) is 11.9 Å². The van der Waals surface area contributed by atoms with Crippen molar-refractivity contribution in [2.75, 3.05) is 0 Å². The minimum Gasteiger partial charge on any atom is -0.481 e. The molecule has 3 rings (SSSR count). The molecular formula is C20H20ClNO3. The molecule has 1 aliphatic rings. The van der Waals surface area contributed by atoms with Crippen LogP contribution < -0.4 is 10.1 Å². The van der Waals surface area contributed by atoms with Crippen molar-refractivity contribution >= 4 is 23.3 Å². The number of carbonyl (C=O) groups excluding carboxylic acids is 2. The van der Waals surface area contributed by atoms with Crippen LogP contribution in [0.4, 0.5) is 0 Å². The summed E-state index contributed by atoms with van der Waals surface area (Å²) in [5.74, 6) is 0.291. The van der Waals surface area contributed by atoms with Gasteiger partial charge in [-0.15, -0.1) is 0 Å². The zero-order chi connectivity index (χ0) is 18.0. The summed E-state index contributed by atoms with van der Waals surface area (Å²) < 4.78 is 5.70. The highest BCUT2D eigenvalue weighted by atomic mass is 35.5. The van der Waals surface area contributed by atoms with Gasteiger partial charge >= 0.3 is 0 Å². The largest absolute Gasteiger partial charge is 0.481 e. The summed E-state index contributed by atoms with van der Waals surface area (Å²) in [5.41, 5.74) is 2.86. The molecule has 2 aromatic carbocycles. The van der Waals surface area contributed by atoms with Gasteiger partial charge in [0.2, 0.25) is 0 Å². The molecule has 2 aromatic rings. The van der Waals surface area contributed by atoms with Gasteiger partial charge in [0.25, 0.3) is 5.91 Å². The molecule has 0 aromatic heterocycles. The van der Waals surface area contributed by atoms with E-state index in [9.17, 15) is 9.59 Å². The third-order valence-electron chi connectivity index (χ3n) is 4.42. The topological polar surface area (TPSA) is 55.4 Å². The van der Waals surface area contributed by atoms with Gasteiger partial charge in [-0.05, 0) is 62.1 Å². The number of halogens is 1. The van der Waals surface area contributed by atoms with Crippen LogP contribution in [0.15, 0.2) is 42.5 Å². The second-order valence-electron chi connectivity index (χ2n) is 6.29. The maximum Gasteiger partial charge on any atom is 0.261 e. The number of Topliss-reactive ketones (excluding diaryl/α,β-unsaturated/α-hetero) is 1. The smallest absolute Gasteiger partial charge is 0.261 e. The van der Waals surface area contributed by atoms with E-state index < -0.39 is 6.10 Å². The highest BCUT2D eigenvalue weighted by molar-refractivity contribution is 6.30. The zero-order valence-corrected chi connectivity index (χ0v) is 15.0. The van der Waals surface area contributed by atoms with E-state index in [0.717, 1.165) is 18.4 Å². The van der Waals surface area contributed by atoms with E-state index in [4.69, 9.17) is 16.3 Å². The number of hydrogen-bond acceptors (Lipinski definition) is 3. The first kappa shape index (κ1) is 17.5. The molecule has 1 aliphatic carbocycles. The highest BCUT2D eigenvalue weighted by Crippen LogP contribution is 2.32. The third kappa shape index (κ3) is 4.02. The maximum absolute atomic E-state index is 12.5. The van der Waals surface area contributed by atoms with Crippen LogP contribution in [0.1, 0.15) is 47.8 Å². The number of fused-ring (bicyclic) bond motifs is 1. The van der Waals surface area contributed by atoms with Gasteiger partial charge < -0.3 is 10.1 Å². The first-order chi connectivity index (χ1) is 11.9. The summed E-state index contributed by atoms with van der Waals surface area (Å²) in [6, 6.07) is 12.6. The van der Waals surface area contributed by atoms with Gasteiger partial charge in [-0.1, -0.05) is 29.8 Å². The number of ketones is 1. The molecule has 25 heavy (non-hydrogen) atoms. The highest BCUT2D eigenvalue weighted by Gasteiger charge is 2.26. The fraction of sp³-hybridized carbons (Fsp3) is 0.300. The summed E-state index contributed by atoms with van der Waals surface area (Å²) in [6.07, 6.45) is 1.10. The quantitative estimate of drug-likeness (QED) is 0.819. The number of nitrogens with one attached hydrogen (secondary N) is 1. The number of benzene rings is 2. The Morgan fingerprint density at radius 1 is 1.24 bits per heavy atom. The fourth-order valence-electron chi connectivity index (χ4n) is 3.07. The van der Waals surface area contributed by atoms with Crippen molar-refractivity contribution in [3.05, 3.63) is 64.2 Å². The molecule has 0 heterocycles. The Bertz CT molecular complexity index is 818. The van der Waals surface area contributed by atoms with Crippen LogP contribution in [0.2, 0.25) is 5.02 Å². The summed E-state index contributed by atoms with van der Waals surface area (Å²) in [6.45, 7) is 3.20. The SMILES string of the molecule is CC(=O)c1cccc(OC(C)C(=O)NC2CCc3cc(Cl)ccc32)c1. The Labute approximate surface area is 152 Å². The molecule has 0 bridgehead atoms. The average molecular weight is 358 g/mol.